The molecule has 1 amide bonds. The molecular formula is C40H34F4N6O5S. The Kier molecular flexibility index (Phi) is 10.0. The van der Waals surface area contributed by atoms with Crippen LogP contribution in [0.15, 0.2) is 101 Å². The molecule has 1 aliphatic heterocycles. The number of nitrogens with one attached hydrogen (secondary N) is 1. The Hall–Kier alpha value is -5.71. The van der Waals surface area contributed by atoms with Gasteiger partial charge in [-0.3, -0.25) is 18.8 Å². The lowest BCUT2D eigenvalue weighted by atomic mass is 10.0. The van der Waals surface area contributed by atoms with Gasteiger partial charge in [0.05, 0.1) is 46.4 Å². The van der Waals surface area contributed by atoms with Gasteiger partial charge in [-0.1, -0.05) is 18.2 Å². The van der Waals surface area contributed by atoms with Gasteiger partial charge in [0.1, 0.15) is 24.0 Å². The van der Waals surface area contributed by atoms with E-state index in [-0.39, 0.29) is 83.3 Å². The summed E-state index contributed by atoms with van der Waals surface area (Å²) >= 11 is 0. The third-order valence-electron chi connectivity index (χ3n) is 9.83. The topological polar surface area (TPSA) is 128 Å². The first-order chi connectivity index (χ1) is 26.9. The van der Waals surface area contributed by atoms with Crippen molar-refractivity contribution in [2.45, 2.75) is 42.7 Å². The Balaban J connectivity index is 1.27. The predicted molar refractivity (Wildman–Crippen MR) is 197 cm³/mol. The second kappa shape index (κ2) is 15.1. The molecule has 4 aromatic carbocycles. The van der Waals surface area contributed by atoms with Crippen molar-refractivity contribution in [1.29, 1.82) is 0 Å². The second-order valence-electron chi connectivity index (χ2n) is 13.8. The molecule has 288 valence electrons. The molecule has 11 nitrogen and oxygen atoms in total. The average molecular weight is 787 g/mol. The van der Waals surface area contributed by atoms with Gasteiger partial charge in [0.15, 0.2) is 11.6 Å². The van der Waals surface area contributed by atoms with Gasteiger partial charge >= 0.3 is 0 Å². The van der Waals surface area contributed by atoms with E-state index in [2.05, 4.69) is 10.4 Å². The van der Waals surface area contributed by atoms with Crippen molar-refractivity contribution in [2.75, 3.05) is 26.3 Å². The summed E-state index contributed by atoms with van der Waals surface area (Å²) in [7, 11) is -3.91. The maximum Gasteiger partial charge on any atom is 0.266 e. The van der Waals surface area contributed by atoms with Crippen LogP contribution in [0.25, 0.3) is 27.7 Å². The Morgan fingerprint density at radius 1 is 0.911 bits per heavy atom. The predicted octanol–water partition coefficient (Wildman–Crippen LogP) is 5.80. The van der Waals surface area contributed by atoms with E-state index < -0.39 is 50.8 Å². The molecular weight excluding hydrogens is 753 g/mol. The minimum absolute atomic E-state index is 0.0295. The number of morpholine rings is 1. The van der Waals surface area contributed by atoms with E-state index in [9.17, 15) is 35.6 Å². The lowest BCUT2D eigenvalue weighted by molar-refractivity contribution is -0.122. The van der Waals surface area contributed by atoms with Crippen molar-refractivity contribution in [3.8, 4) is 16.8 Å². The van der Waals surface area contributed by atoms with Crippen molar-refractivity contribution < 1.29 is 35.5 Å². The van der Waals surface area contributed by atoms with Crippen LogP contribution in [0, 0.1) is 23.3 Å². The van der Waals surface area contributed by atoms with Gasteiger partial charge in [-0.25, -0.2) is 31.0 Å². The molecule has 2 fully saturated rings. The highest BCUT2D eigenvalue weighted by Crippen LogP contribution is 2.38. The largest absolute Gasteiger partial charge is 0.379 e. The summed E-state index contributed by atoms with van der Waals surface area (Å²) in [6.45, 7) is 0.613. The maximum atomic E-state index is 14.9. The maximum absolute atomic E-state index is 14.9. The van der Waals surface area contributed by atoms with E-state index >= 15 is 0 Å². The van der Waals surface area contributed by atoms with Gasteiger partial charge < -0.3 is 10.1 Å². The molecule has 1 N–H and O–H groups in total. The summed E-state index contributed by atoms with van der Waals surface area (Å²) in [5.74, 6) is -4.20. The fourth-order valence-electron chi connectivity index (χ4n) is 6.90. The lowest BCUT2D eigenvalue weighted by Gasteiger charge is -2.26. The van der Waals surface area contributed by atoms with Crippen molar-refractivity contribution in [1.82, 2.24) is 29.0 Å². The number of nitrogens with zero attached hydrogens (tertiary/aromatic N) is 5. The standard InChI is InChI=1S/C40H34F4N6O5S/c41-27-18-24(19-28(42)22-27)20-36(45-37(51)23-48-13-12-34(47-48)25-4-5-25)39-46-35-21-26(31-2-1-3-33(43)38(31)44)6-11-32(35)40(52)50(39)29-7-9-30(10-8-29)56(53,54)49-14-16-55-17-15-49/h1-3,6-13,18-19,21-22,25,36H,4-5,14-17,20,23H2,(H,45,51)/t36-/m0/s1. The molecule has 0 bridgehead atoms. The number of carbonyl (C=O) groups is 1. The number of ether oxygens (including phenoxy) is 1. The molecule has 6 aromatic rings. The van der Waals surface area contributed by atoms with Crippen LogP contribution in [-0.2, 0) is 32.5 Å². The number of aromatic nitrogens is 4. The van der Waals surface area contributed by atoms with Gasteiger partial charge in [-0.2, -0.15) is 9.40 Å². The SMILES string of the molecule is O=C(Cn1ccc(C2CC2)n1)N[C@@H](Cc1cc(F)cc(F)c1)c1nc2cc(-c3cccc(F)c3F)ccc2c(=O)n1-c1ccc(S(=O)(=O)N2CCOCC2)cc1. The van der Waals surface area contributed by atoms with Crippen LogP contribution >= 0.6 is 0 Å². The van der Waals surface area contributed by atoms with E-state index in [1.807, 2.05) is 6.07 Å². The van der Waals surface area contributed by atoms with Gasteiger partial charge in [0.2, 0.25) is 15.9 Å². The zero-order chi connectivity index (χ0) is 39.1. The molecule has 2 aliphatic rings. The average Bonchev–Trinajstić information content (AvgIpc) is 3.93. The Labute approximate surface area is 318 Å². The second-order valence-corrected chi connectivity index (χ2v) is 15.7. The minimum atomic E-state index is -3.91. The van der Waals surface area contributed by atoms with Crippen LogP contribution in [0.2, 0.25) is 0 Å². The summed E-state index contributed by atoms with van der Waals surface area (Å²) < 4.78 is 94.4. The number of fused-ring (bicyclic) bond motifs is 1. The molecule has 16 heteroatoms. The first kappa shape index (κ1) is 37.2. The Morgan fingerprint density at radius 2 is 1.64 bits per heavy atom. The van der Waals surface area contributed by atoms with Gasteiger partial charge in [-0.05, 0) is 84.6 Å². The van der Waals surface area contributed by atoms with E-state index in [1.54, 1.807) is 6.20 Å². The fraction of sp³-hybridized carbons (Fsp3) is 0.250. The summed E-state index contributed by atoms with van der Waals surface area (Å²) in [5, 5.41) is 7.44. The van der Waals surface area contributed by atoms with Crippen LogP contribution in [0.3, 0.4) is 0 Å². The number of halogens is 4. The highest BCUT2D eigenvalue weighted by Gasteiger charge is 2.29. The molecule has 1 saturated heterocycles. The van der Waals surface area contributed by atoms with Crippen molar-refractivity contribution in [3.63, 3.8) is 0 Å². The molecule has 8 rings (SSSR count). The van der Waals surface area contributed by atoms with Crippen molar-refractivity contribution in [3.05, 3.63) is 142 Å². The van der Waals surface area contributed by atoms with E-state index in [4.69, 9.17) is 9.72 Å². The summed E-state index contributed by atoms with van der Waals surface area (Å²) in [6, 6.07) is 17.0. The minimum Gasteiger partial charge on any atom is -0.379 e. The first-order valence-electron chi connectivity index (χ1n) is 17.9. The van der Waals surface area contributed by atoms with E-state index in [0.717, 1.165) is 36.7 Å². The molecule has 1 saturated carbocycles. The number of sulfonamides is 1. The fourth-order valence-corrected chi connectivity index (χ4v) is 8.31. The molecule has 2 aromatic heterocycles. The molecule has 1 atom stereocenters. The van der Waals surface area contributed by atoms with Crippen LogP contribution in [-0.4, -0.2) is 64.3 Å². The highest BCUT2D eigenvalue weighted by molar-refractivity contribution is 7.89. The molecule has 0 radical (unpaired) electrons. The molecule has 1 aliphatic carbocycles. The number of hydrogen-bond acceptors (Lipinski definition) is 7. The summed E-state index contributed by atoms with van der Waals surface area (Å²) in [5.41, 5.74) is 0.699. The van der Waals surface area contributed by atoms with Crippen LogP contribution in [0.1, 0.15) is 41.9 Å². The van der Waals surface area contributed by atoms with E-state index in [0.29, 0.717) is 12.0 Å². The first-order valence-corrected chi connectivity index (χ1v) is 19.4. The number of hydrogen-bond donors (Lipinski definition) is 1. The zero-order valence-corrected chi connectivity index (χ0v) is 30.5. The number of rotatable bonds is 11. The molecule has 56 heavy (non-hydrogen) atoms. The van der Waals surface area contributed by atoms with Crippen LogP contribution in [0.5, 0.6) is 0 Å². The smallest absolute Gasteiger partial charge is 0.266 e. The normalized spacial score (nSPS) is 15.6. The molecule has 0 spiro atoms. The van der Waals surface area contributed by atoms with Crippen LogP contribution < -0.4 is 10.9 Å². The van der Waals surface area contributed by atoms with Gasteiger partial charge in [0, 0.05) is 43.3 Å². The number of benzene rings is 4. The van der Waals surface area contributed by atoms with Crippen LogP contribution in [0.4, 0.5) is 17.6 Å². The van der Waals surface area contributed by atoms with E-state index in [1.165, 1.54) is 68.2 Å². The monoisotopic (exact) mass is 786 g/mol. The van der Waals surface area contributed by atoms with Gasteiger partial charge in [0.25, 0.3) is 5.56 Å². The Morgan fingerprint density at radius 3 is 2.36 bits per heavy atom. The molecule has 3 heterocycles. The quantitative estimate of drug-likeness (QED) is 0.165. The highest BCUT2D eigenvalue weighted by atomic mass is 32.2. The van der Waals surface area contributed by atoms with Crippen molar-refractivity contribution >= 4 is 26.8 Å². The van der Waals surface area contributed by atoms with Gasteiger partial charge in [-0.15, -0.1) is 0 Å². The number of carbonyl (C=O) groups excluding carboxylic acids is 1. The Bertz CT molecular complexity index is 2620. The lowest BCUT2D eigenvalue weighted by Crippen LogP contribution is -2.40. The summed E-state index contributed by atoms with van der Waals surface area (Å²) in [4.78, 5) is 33.1. The summed E-state index contributed by atoms with van der Waals surface area (Å²) in [6.07, 6.45) is 3.45. The van der Waals surface area contributed by atoms with Crippen molar-refractivity contribution in [2.24, 2.45) is 0 Å². The number of amides is 1. The third kappa shape index (κ3) is 7.59. The third-order valence-corrected chi connectivity index (χ3v) is 11.7. The molecule has 0 unspecified atom stereocenters. The zero-order valence-electron chi connectivity index (χ0n) is 29.7.